The van der Waals surface area contributed by atoms with Crippen LogP contribution in [0.5, 0.6) is 11.5 Å². The van der Waals surface area contributed by atoms with Gasteiger partial charge in [-0.15, -0.1) is 0 Å². The number of ether oxygens (including phenoxy) is 2. The van der Waals surface area contributed by atoms with Gasteiger partial charge >= 0.3 is 5.97 Å². The number of hydrogen-bond donors (Lipinski definition) is 1. The molecule has 0 aromatic heterocycles. The molecule has 1 aromatic rings. The average molecular weight is 346 g/mol. The van der Waals surface area contributed by atoms with Gasteiger partial charge in [0.1, 0.15) is 22.5 Å². The number of rotatable bonds is 6. The largest absolute Gasteiger partial charge is 0.495 e. The van der Waals surface area contributed by atoms with Crippen molar-refractivity contribution in [2.45, 2.75) is 6.92 Å². The van der Waals surface area contributed by atoms with Crippen LogP contribution in [0.2, 0.25) is 0 Å². The summed E-state index contributed by atoms with van der Waals surface area (Å²) >= 11 is 3.31. The fraction of sp³-hybridized carbons (Fsp3) is 0.385. The van der Waals surface area contributed by atoms with Crippen molar-refractivity contribution >= 4 is 27.8 Å². The molecule has 0 spiro atoms. The fourth-order valence-electron chi connectivity index (χ4n) is 1.67. The van der Waals surface area contributed by atoms with Gasteiger partial charge in [0.05, 0.1) is 14.2 Å². The average Bonchev–Trinajstić information content (AvgIpc) is 2.44. The van der Waals surface area contributed by atoms with E-state index in [1.807, 2.05) is 0 Å². The third-order valence-electron chi connectivity index (χ3n) is 2.69. The summed E-state index contributed by atoms with van der Waals surface area (Å²) in [6.45, 7) is 1.66. The van der Waals surface area contributed by atoms with Crippen molar-refractivity contribution in [3.05, 3.63) is 22.2 Å². The topological polar surface area (TPSA) is 76.1 Å². The number of carboxylic acids is 1. The van der Waals surface area contributed by atoms with Crippen LogP contribution in [-0.4, -0.2) is 49.2 Å². The molecule has 0 saturated carbocycles. The van der Waals surface area contributed by atoms with E-state index in [0.29, 0.717) is 28.1 Å². The summed E-state index contributed by atoms with van der Waals surface area (Å²) in [5.74, 6) is -0.562. The predicted molar refractivity (Wildman–Crippen MR) is 76.5 cm³/mol. The van der Waals surface area contributed by atoms with E-state index in [-0.39, 0.29) is 12.5 Å². The summed E-state index contributed by atoms with van der Waals surface area (Å²) in [5.41, 5.74) is 0.310. The number of likely N-dealkylation sites (N-methyl/N-ethyl adjacent to an activating group) is 1. The van der Waals surface area contributed by atoms with Gasteiger partial charge in [-0.1, -0.05) is 0 Å². The van der Waals surface area contributed by atoms with Crippen molar-refractivity contribution in [3.63, 3.8) is 0 Å². The molecule has 0 heterocycles. The molecule has 0 saturated heterocycles. The van der Waals surface area contributed by atoms with Crippen molar-refractivity contribution < 1.29 is 24.2 Å². The van der Waals surface area contributed by atoms with E-state index in [1.165, 1.54) is 19.1 Å². The van der Waals surface area contributed by atoms with E-state index in [4.69, 9.17) is 14.6 Å². The molecule has 6 nitrogen and oxygen atoms in total. The number of methoxy groups -OCH3 is 2. The van der Waals surface area contributed by atoms with Gasteiger partial charge in [0.25, 0.3) is 5.91 Å². The van der Waals surface area contributed by atoms with Crippen LogP contribution in [0.15, 0.2) is 16.6 Å². The minimum atomic E-state index is -1.06. The van der Waals surface area contributed by atoms with E-state index < -0.39 is 5.97 Å². The van der Waals surface area contributed by atoms with Crippen LogP contribution >= 0.6 is 15.9 Å². The van der Waals surface area contributed by atoms with E-state index in [2.05, 4.69) is 15.9 Å². The standard InChI is InChI=1S/C13H16BrNO5/c1-4-15(7-11(16)17)13(18)8-5-9(19-2)12(14)10(6-8)20-3/h5-6H,4,7H2,1-3H3,(H,16,17). The van der Waals surface area contributed by atoms with Gasteiger partial charge in [-0.25, -0.2) is 0 Å². The number of amides is 1. The van der Waals surface area contributed by atoms with E-state index in [0.717, 1.165) is 0 Å². The van der Waals surface area contributed by atoms with Crippen LogP contribution < -0.4 is 9.47 Å². The normalized spacial score (nSPS) is 10.0. The first-order valence-electron chi connectivity index (χ1n) is 5.87. The van der Waals surface area contributed by atoms with Gasteiger partial charge in [-0.2, -0.15) is 0 Å². The summed E-state index contributed by atoms with van der Waals surface area (Å²) in [6, 6.07) is 3.08. The molecule has 0 aliphatic carbocycles. The molecule has 0 aliphatic heterocycles. The second kappa shape index (κ2) is 7.14. The Kier molecular flexibility index (Phi) is 5.82. The minimum absolute atomic E-state index is 0.297. The van der Waals surface area contributed by atoms with E-state index in [9.17, 15) is 9.59 Å². The minimum Gasteiger partial charge on any atom is -0.495 e. The number of aliphatic carboxylic acids is 1. The molecule has 0 aliphatic rings. The Balaban J connectivity index is 3.17. The highest BCUT2D eigenvalue weighted by atomic mass is 79.9. The first kappa shape index (κ1) is 16.3. The Labute approximate surface area is 125 Å². The van der Waals surface area contributed by atoms with Gasteiger partial charge < -0.3 is 19.5 Å². The first-order chi connectivity index (χ1) is 9.44. The second-order valence-electron chi connectivity index (χ2n) is 3.91. The Morgan fingerprint density at radius 1 is 1.25 bits per heavy atom. The Bertz CT molecular complexity index is 492. The molecule has 1 aromatic carbocycles. The molecule has 1 rings (SSSR count). The summed E-state index contributed by atoms with van der Waals surface area (Å²) in [4.78, 5) is 24.3. The highest BCUT2D eigenvalue weighted by molar-refractivity contribution is 9.10. The van der Waals surface area contributed by atoms with Crippen molar-refractivity contribution in [1.29, 1.82) is 0 Å². The molecule has 0 radical (unpaired) electrons. The van der Waals surface area contributed by atoms with Crippen molar-refractivity contribution in [1.82, 2.24) is 4.90 Å². The molecule has 0 unspecified atom stereocenters. The lowest BCUT2D eigenvalue weighted by Crippen LogP contribution is -2.35. The molecule has 110 valence electrons. The maximum atomic E-state index is 12.3. The molecule has 20 heavy (non-hydrogen) atoms. The molecule has 1 N–H and O–H groups in total. The zero-order valence-electron chi connectivity index (χ0n) is 11.5. The number of halogens is 1. The number of carbonyl (C=O) groups is 2. The third-order valence-corrected chi connectivity index (χ3v) is 3.47. The Morgan fingerprint density at radius 3 is 2.10 bits per heavy atom. The SMILES string of the molecule is CCN(CC(=O)O)C(=O)c1cc(OC)c(Br)c(OC)c1. The Morgan fingerprint density at radius 2 is 1.75 bits per heavy atom. The number of benzene rings is 1. The van der Waals surface area contributed by atoms with Crippen LogP contribution in [0.1, 0.15) is 17.3 Å². The number of hydrogen-bond acceptors (Lipinski definition) is 4. The molecule has 7 heteroatoms. The van der Waals surface area contributed by atoms with Gasteiger partial charge in [0.2, 0.25) is 0 Å². The zero-order valence-corrected chi connectivity index (χ0v) is 13.1. The highest BCUT2D eigenvalue weighted by Gasteiger charge is 2.20. The lowest BCUT2D eigenvalue weighted by atomic mass is 10.1. The molecule has 0 bridgehead atoms. The molecule has 1 amide bonds. The van der Waals surface area contributed by atoms with Crippen LogP contribution in [-0.2, 0) is 4.79 Å². The van der Waals surface area contributed by atoms with Gasteiger partial charge in [-0.3, -0.25) is 9.59 Å². The van der Waals surface area contributed by atoms with E-state index in [1.54, 1.807) is 19.1 Å². The van der Waals surface area contributed by atoms with Gasteiger partial charge in [-0.05, 0) is 35.0 Å². The number of carboxylic acid groups (broad SMARTS) is 1. The quantitative estimate of drug-likeness (QED) is 0.853. The lowest BCUT2D eigenvalue weighted by Gasteiger charge is -2.19. The summed E-state index contributed by atoms with van der Waals surface area (Å²) in [6.07, 6.45) is 0. The fourth-order valence-corrected chi connectivity index (χ4v) is 2.22. The zero-order chi connectivity index (χ0) is 15.3. The van der Waals surface area contributed by atoms with Gasteiger partial charge in [0, 0.05) is 12.1 Å². The highest BCUT2D eigenvalue weighted by Crippen LogP contribution is 2.35. The van der Waals surface area contributed by atoms with Crippen LogP contribution in [0, 0.1) is 0 Å². The number of carbonyl (C=O) groups excluding carboxylic acids is 1. The van der Waals surface area contributed by atoms with Crippen molar-refractivity contribution in [2.75, 3.05) is 27.3 Å². The van der Waals surface area contributed by atoms with Crippen molar-refractivity contribution in [3.8, 4) is 11.5 Å². The van der Waals surface area contributed by atoms with Crippen LogP contribution in [0.3, 0.4) is 0 Å². The van der Waals surface area contributed by atoms with E-state index >= 15 is 0 Å². The second-order valence-corrected chi connectivity index (χ2v) is 4.70. The molecule has 0 fully saturated rings. The summed E-state index contributed by atoms with van der Waals surface area (Å²) in [5, 5.41) is 8.81. The summed E-state index contributed by atoms with van der Waals surface area (Å²) < 4.78 is 10.9. The maximum Gasteiger partial charge on any atom is 0.323 e. The number of nitrogens with zero attached hydrogens (tertiary/aromatic N) is 1. The lowest BCUT2D eigenvalue weighted by molar-refractivity contribution is -0.137. The molecular weight excluding hydrogens is 330 g/mol. The monoisotopic (exact) mass is 345 g/mol. The Hall–Kier alpha value is -1.76. The molecule has 0 atom stereocenters. The smallest absolute Gasteiger partial charge is 0.323 e. The maximum absolute atomic E-state index is 12.3. The van der Waals surface area contributed by atoms with Crippen molar-refractivity contribution in [2.24, 2.45) is 0 Å². The first-order valence-corrected chi connectivity index (χ1v) is 6.66. The summed E-state index contributed by atoms with van der Waals surface area (Å²) in [7, 11) is 2.95. The van der Waals surface area contributed by atoms with Crippen LogP contribution in [0.4, 0.5) is 0 Å². The molecular formula is C13H16BrNO5. The third kappa shape index (κ3) is 3.63. The van der Waals surface area contributed by atoms with Gasteiger partial charge in [0.15, 0.2) is 0 Å². The van der Waals surface area contributed by atoms with Crippen LogP contribution in [0.25, 0.3) is 0 Å². The predicted octanol–water partition coefficient (Wildman–Crippen LogP) is 2.01.